The quantitative estimate of drug-likeness (QED) is 0.670. The van der Waals surface area contributed by atoms with Crippen molar-refractivity contribution in [3.63, 3.8) is 0 Å². The van der Waals surface area contributed by atoms with Crippen LogP contribution in [0.4, 0.5) is 0 Å². The SMILES string of the molecule is Cc1sc2cc(Br)oc2c1C. The normalized spacial score (nSPS) is 11.2. The third kappa shape index (κ3) is 1.03. The predicted octanol–water partition coefficient (Wildman–Crippen LogP) is 3.87. The van der Waals surface area contributed by atoms with Gasteiger partial charge in [-0.05, 0) is 29.8 Å². The van der Waals surface area contributed by atoms with Crippen LogP contribution in [-0.4, -0.2) is 0 Å². The van der Waals surface area contributed by atoms with Crippen LogP contribution in [0.2, 0.25) is 0 Å². The molecule has 2 heterocycles. The summed E-state index contributed by atoms with van der Waals surface area (Å²) in [6, 6.07) is 2.01. The maximum Gasteiger partial charge on any atom is 0.171 e. The first kappa shape index (κ1) is 7.37. The Morgan fingerprint density at radius 3 is 2.82 bits per heavy atom. The Bertz CT molecular complexity index is 399. The van der Waals surface area contributed by atoms with Gasteiger partial charge in [0.25, 0.3) is 0 Å². The molecule has 58 valence electrons. The lowest BCUT2D eigenvalue weighted by Gasteiger charge is -1.85. The fourth-order valence-electron chi connectivity index (χ4n) is 1.08. The highest BCUT2D eigenvalue weighted by atomic mass is 79.9. The van der Waals surface area contributed by atoms with Gasteiger partial charge in [-0.2, -0.15) is 0 Å². The lowest BCUT2D eigenvalue weighted by atomic mass is 10.3. The van der Waals surface area contributed by atoms with Crippen LogP contribution in [0, 0.1) is 13.8 Å². The van der Waals surface area contributed by atoms with Crippen LogP contribution in [0.1, 0.15) is 10.4 Å². The average molecular weight is 231 g/mol. The van der Waals surface area contributed by atoms with Gasteiger partial charge < -0.3 is 4.42 Å². The molecule has 0 saturated carbocycles. The van der Waals surface area contributed by atoms with Gasteiger partial charge in [-0.1, -0.05) is 0 Å². The summed E-state index contributed by atoms with van der Waals surface area (Å²) in [6.07, 6.45) is 0. The van der Waals surface area contributed by atoms with Crippen LogP contribution in [0.3, 0.4) is 0 Å². The minimum absolute atomic E-state index is 0.821. The van der Waals surface area contributed by atoms with Crippen molar-refractivity contribution in [1.82, 2.24) is 0 Å². The van der Waals surface area contributed by atoms with Crippen molar-refractivity contribution in [3.8, 4) is 0 Å². The van der Waals surface area contributed by atoms with E-state index in [2.05, 4.69) is 29.8 Å². The van der Waals surface area contributed by atoms with E-state index in [0.717, 1.165) is 10.3 Å². The minimum atomic E-state index is 0.821. The lowest BCUT2D eigenvalue weighted by molar-refractivity contribution is 0.585. The van der Waals surface area contributed by atoms with Gasteiger partial charge in [-0.15, -0.1) is 11.3 Å². The fraction of sp³-hybridized carbons (Fsp3) is 0.250. The third-order valence-electron chi connectivity index (χ3n) is 1.80. The smallest absolute Gasteiger partial charge is 0.171 e. The number of furan rings is 1. The summed E-state index contributed by atoms with van der Waals surface area (Å²) < 4.78 is 7.50. The highest BCUT2D eigenvalue weighted by Crippen LogP contribution is 2.34. The topological polar surface area (TPSA) is 13.1 Å². The lowest BCUT2D eigenvalue weighted by Crippen LogP contribution is -1.65. The van der Waals surface area contributed by atoms with E-state index in [-0.39, 0.29) is 0 Å². The molecule has 0 bridgehead atoms. The first-order valence-electron chi connectivity index (χ1n) is 3.33. The van der Waals surface area contributed by atoms with Crippen molar-refractivity contribution in [2.75, 3.05) is 0 Å². The van der Waals surface area contributed by atoms with Crippen LogP contribution >= 0.6 is 27.3 Å². The maximum absolute atomic E-state index is 5.45. The van der Waals surface area contributed by atoms with Crippen LogP contribution in [0.25, 0.3) is 10.3 Å². The van der Waals surface area contributed by atoms with Crippen LogP contribution in [0.15, 0.2) is 15.2 Å². The summed E-state index contributed by atoms with van der Waals surface area (Å²) in [4.78, 5) is 1.34. The zero-order valence-electron chi connectivity index (χ0n) is 6.27. The van der Waals surface area contributed by atoms with Gasteiger partial charge in [0.05, 0.1) is 4.70 Å². The molecule has 0 aliphatic carbocycles. The molecule has 0 fully saturated rings. The molecule has 11 heavy (non-hydrogen) atoms. The largest absolute Gasteiger partial charge is 0.448 e. The second-order valence-electron chi connectivity index (χ2n) is 2.53. The summed E-state index contributed by atoms with van der Waals surface area (Å²) in [5.74, 6) is 0. The van der Waals surface area contributed by atoms with E-state index in [1.165, 1.54) is 15.1 Å². The Morgan fingerprint density at radius 1 is 1.45 bits per heavy atom. The van der Waals surface area contributed by atoms with Crippen molar-refractivity contribution in [3.05, 3.63) is 21.2 Å². The molecule has 2 aromatic heterocycles. The maximum atomic E-state index is 5.45. The third-order valence-corrected chi connectivity index (χ3v) is 3.33. The molecule has 0 aliphatic rings. The molecule has 0 spiro atoms. The van der Waals surface area contributed by atoms with E-state index in [0.29, 0.717) is 0 Å². The van der Waals surface area contributed by atoms with Crippen molar-refractivity contribution >= 4 is 37.5 Å². The van der Waals surface area contributed by atoms with Gasteiger partial charge in [0.2, 0.25) is 0 Å². The number of rotatable bonds is 0. The first-order chi connectivity index (χ1) is 5.18. The fourth-order valence-corrected chi connectivity index (χ4v) is 2.66. The molecule has 2 aromatic rings. The molecule has 3 heteroatoms. The van der Waals surface area contributed by atoms with Crippen LogP contribution < -0.4 is 0 Å². The average Bonchev–Trinajstić information content (AvgIpc) is 2.37. The summed E-state index contributed by atoms with van der Waals surface area (Å²) >= 11 is 5.08. The highest BCUT2D eigenvalue weighted by molar-refractivity contribution is 9.10. The van der Waals surface area contributed by atoms with E-state index in [1.807, 2.05) is 6.07 Å². The number of fused-ring (bicyclic) bond motifs is 1. The summed E-state index contributed by atoms with van der Waals surface area (Å²) in [7, 11) is 0. The number of hydrogen-bond donors (Lipinski definition) is 0. The Balaban J connectivity index is 2.88. The van der Waals surface area contributed by atoms with Gasteiger partial charge in [0.1, 0.15) is 5.58 Å². The Hall–Kier alpha value is -0.280. The molecular formula is C8H7BrOS. The van der Waals surface area contributed by atoms with Crippen molar-refractivity contribution in [1.29, 1.82) is 0 Å². The Labute approximate surface area is 77.1 Å². The monoisotopic (exact) mass is 230 g/mol. The molecule has 0 N–H and O–H groups in total. The molecule has 0 amide bonds. The van der Waals surface area contributed by atoms with Crippen molar-refractivity contribution in [2.45, 2.75) is 13.8 Å². The van der Waals surface area contributed by atoms with E-state index >= 15 is 0 Å². The molecule has 0 aliphatic heterocycles. The number of thiophene rings is 1. The van der Waals surface area contributed by atoms with Crippen LogP contribution in [-0.2, 0) is 0 Å². The summed E-state index contributed by atoms with van der Waals surface area (Å²) in [5.41, 5.74) is 2.29. The molecule has 0 unspecified atom stereocenters. The van der Waals surface area contributed by atoms with Gasteiger partial charge in [0, 0.05) is 16.5 Å². The predicted molar refractivity (Wildman–Crippen MR) is 51.3 cm³/mol. The van der Waals surface area contributed by atoms with E-state index in [4.69, 9.17) is 4.42 Å². The molecule has 0 aromatic carbocycles. The van der Waals surface area contributed by atoms with E-state index < -0.39 is 0 Å². The first-order valence-corrected chi connectivity index (χ1v) is 4.94. The van der Waals surface area contributed by atoms with Gasteiger partial charge in [0.15, 0.2) is 4.67 Å². The summed E-state index contributed by atoms with van der Waals surface area (Å²) in [5, 5.41) is 0. The number of aryl methyl sites for hydroxylation is 2. The van der Waals surface area contributed by atoms with Crippen molar-refractivity contribution in [2.24, 2.45) is 0 Å². The highest BCUT2D eigenvalue weighted by Gasteiger charge is 2.09. The second kappa shape index (κ2) is 2.35. The van der Waals surface area contributed by atoms with Gasteiger partial charge >= 0.3 is 0 Å². The standard InChI is InChI=1S/C8H7BrOS/c1-4-5(2)11-6-3-7(9)10-8(4)6/h3H,1-2H3. The zero-order chi connectivity index (χ0) is 8.01. The van der Waals surface area contributed by atoms with Gasteiger partial charge in [-0.3, -0.25) is 0 Å². The molecular weight excluding hydrogens is 224 g/mol. The van der Waals surface area contributed by atoms with Crippen molar-refractivity contribution < 1.29 is 4.42 Å². The number of hydrogen-bond acceptors (Lipinski definition) is 2. The van der Waals surface area contributed by atoms with E-state index in [9.17, 15) is 0 Å². The zero-order valence-corrected chi connectivity index (χ0v) is 8.67. The van der Waals surface area contributed by atoms with Gasteiger partial charge in [-0.25, -0.2) is 0 Å². The van der Waals surface area contributed by atoms with Crippen LogP contribution in [0.5, 0.6) is 0 Å². The molecule has 2 rings (SSSR count). The second-order valence-corrected chi connectivity index (χ2v) is 4.57. The summed E-state index contributed by atoms with van der Waals surface area (Å²) in [6.45, 7) is 4.20. The van der Waals surface area contributed by atoms with E-state index in [1.54, 1.807) is 11.3 Å². The number of halogens is 1. The molecule has 1 nitrogen and oxygen atoms in total. The Kier molecular flexibility index (Phi) is 1.58. The molecule has 0 atom stereocenters. The Morgan fingerprint density at radius 2 is 2.18 bits per heavy atom. The molecule has 0 radical (unpaired) electrons. The molecule has 0 saturated heterocycles. The minimum Gasteiger partial charge on any atom is -0.448 e.